The third kappa shape index (κ3) is 6.08. The van der Waals surface area contributed by atoms with Crippen LogP contribution in [-0.4, -0.2) is 46.4 Å². The number of nitrogens with one attached hydrogen (secondary N) is 2. The van der Waals surface area contributed by atoms with Gasteiger partial charge in [0.2, 0.25) is 20.0 Å². The maximum atomic E-state index is 13.1. The minimum atomic E-state index is -3.71. The van der Waals surface area contributed by atoms with E-state index in [9.17, 15) is 21.6 Å². The van der Waals surface area contributed by atoms with E-state index in [4.69, 9.17) is 0 Å². The van der Waals surface area contributed by atoms with Crippen molar-refractivity contribution in [3.05, 3.63) is 59.7 Å². The number of carbonyl (C=O) groups excluding carboxylic acids is 1. The number of nitrogens with zero attached hydrogens (tertiary/aromatic N) is 1. The molecular weight excluding hydrogens is 450 g/mol. The molecular formula is C22H29N3O5S2. The van der Waals surface area contributed by atoms with E-state index in [2.05, 4.69) is 10.0 Å². The Morgan fingerprint density at radius 2 is 1.69 bits per heavy atom. The van der Waals surface area contributed by atoms with Crippen LogP contribution in [0.3, 0.4) is 0 Å². The number of hydrogen-bond donors (Lipinski definition) is 2. The molecule has 0 atom stereocenters. The van der Waals surface area contributed by atoms with Gasteiger partial charge >= 0.3 is 0 Å². The van der Waals surface area contributed by atoms with Gasteiger partial charge in [-0.1, -0.05) is 43.5 Å². The van der Waals surface area contributed by atoms with Crippen LogP contribution in [0.2, 0.25) is 0 Å². The van der Waals surface area contributed by atoms with Gasteiger partial charge in [0.05, 0.1) is 16.8 Å². The molecule has 0 aliphatic heterocycles. The predicted octanol–water partition coefficient (Wildman–Crippen LogP) is 2.94. The molecule has 0 unspecified atom stereocenters. The van der Waals surface area contributed by atoms with E-state index in [0.29, 0.717) is 11.3 Å². The molecule has 0 aromatic heterocycles. The van der Waals surface area contributed by atoms with Gasteiger partial charge in [-0.2, -0.15) is 4.31 Å². The first kappa shape index (κ1) is 24.2. The van der Waals surface area contributed by atoms with Crippen molar-refractivity contribution >= 4 is 31.6 Å². The van der Waals surface area contributed by atoms with Crippen LogP contribution >= 0.6 is 0 Å². The summed E-state index contributed by atoms with van der Waals surface area (Å²) < 4.78 is 53.1. The van der Waals surface area contributed by atoms with Crippen LogP contribution in [0, 0.1) is 0 Å². The summed E-state index contributed by atoms with van der Waals surface area (Å²) in [6.45, 7) is 0.0798. The van der Waals surface area contributed by atoms with E-state index in [0.717, 1.165) is 38.4 Å². The van der Waals surface area contributed by atoms with Crippen molar-refractivity contribution in [2.75, 3.05) is 18.0 Å². The Balaban J connectivity index is 1.74. The summed E-state index contributed by atoms with van der Waals surface area (Å²) in [5.74, 6) is -0.448. The average molecular weight is 480 g/mol. The number of benzene rings is 2. The molecule has 1 saturated carbocycles. The highest BCUT2D eigenvalue weighted by Gasteiger charge is 2.29. The summed E-state index contributed by atoms with van der Waals surface area (Å²) in [6, 6.07) is 12.7. The lowest BCUT2D eigenvalue weighted by molar-refractivity contribution is 0.0950. The molecule has 1 aliphatic rings. The normalized spacial score (nSPS) is 15.5. The van der Waals surface area contributed by atoms with E-state index >= 15 is 0 Å². The molecule has 3 rings (SSSR count). The number of sulfonamides is 2. The molecule has 8 nitrogen and oxygen atoms in total. The summed E-state index contributed by atoms with van der Waals surface area (Å²) in [5.41, 5.74) is 1.18. The Kier molecular flexibility index (Phi) is 7.58. The first-order valence-corrected chi connectivity index (χ1v) is 13.8. The third-order valence-electron chi connectivity index (χ3n) is 5.61. The Morgan fingerprint density at radius 1 is 1.00 bits per heavy atom. The number of carbonyl (C=O) groups is 1. The molecule has 0 bridgehead atoms. The number of para-hydroxylation sites is 1. The van der Waals surface area contributed by atoms with E-state index < -0.39 is 26.0 Å². The summed E-state index contributed by atoms with van der Waals surface area (Å²) in [6.07, 6.45) is 5.90. The molecule has 2 N–H and O–H groups in total. The van der Waals surface area contributed by atoms with Crippen molar-refractivity contribution in [2.24, 2.45) is 0 Å². The van der Waals surface area contributed by atoms with Crippen molar-refractivity contribution in [3.63, 3.8) is 0 Å². The van der Waals surface area contributed by atoms with Crippen molar-refractivity contribution in [1.29, 1.82) is 0 Å². The number of anilines is 1. The summed E-state index contributed by atoms with van der Waals surface area (Å²) >= 11 is 0. The zero-order valence-electron chi connectivity index (χ0n) is 18.2. The molecule has 174 valence electrons. The second-order valence-corrected chi connectivity index (χ2v) is 11.8. The van der Waals surface area contributed by atoms with Crippen molar-refractivity contribution in [1.82, 2.24) is 9.62 Å². The van der Waals surface area contributed by atoms with E-state index in [1.54, 1.807) is 43.4 Å². The molecule has 0 radical (unpaired) electrons. The zero-order valence-corrected chi connectivity index (χ0v) is 19.9. The summed E-state index contributed by atoms with van der Waals surface area (Å²) in [7, 11) is -5.58. The van der Waals surface area contributed by atoms with Crippen LogP contribution in [0.5, 0.6) is 0 Å². The Labute approximate surface area is 190 Å². The van der Waals surface area contributed by atoms with Crippen molar-refractivity contribution in [2.45, 2.75) is 49.6 Å². The van der Waals surface area contributed by atoms with Gasteiger partial charge in [0.25, 0.3) is 5.91 Å². The van der Waals surface area contributed by atoms with E-state index in [1.807, 2.05) is 0 Å². The largest absolute Gasteiger partial charge is 0.348 e. The molecule has 1 amide bonds. The standard InChI is InChI=1S/C22H29N3O5S2/c1-25(19-11-4-3-5-12-19)32(29,30)20-13-8-10-17(15-20)22(26)23-16-18-9-6-7-14-21(18)24-31(2,27)28/h6-10,13-15,19,24H,3-5,11-12,16H2,1-2H3,(H,23,26). The zero-order chi connectivity index (χ0) is 23.4. The predicted molar refractivity (Wildman–Crippen MR) is 124 cm³/mol. The third-order valence-corrected chi connectivity index (χ3v) is 8.11. The molecule has 1 aliphatic carbocycles. The fraction of sp³-hybridized carbons (Fsp3) is 0.409. The number of rotatable bonds is 8. The van der Waals surface area contributed by atoms with Gasteiger partial charge in [-0.3, -0.25) is 9.52 Å². The van der Waals surface area contributed by atoms with Gasteiger partial charge in [-0.05, 0) is 42.7 Å². The minimum Gasteiger partial charge on any atom is -0.348 e. The highest BCUT2D eigenvalue weighted by molar-refractivity contribution is 7.92. The average Bonchev–Trinajstić information content (AvgIpc) is 2.77. The highest BCUT2D eigenvalue weighted by atomic mass is 32.2. The lowest BCUT2D eigenvalue weighted by Gasteiger charge is -2.30. The van der Waals surface area contributed by atoms with Crippen LogP contribution < -0.4 is 10.0 Å². The van der Waals surface area contributed by atoms with Gasteiger partial charge in [0.1, 0.15) is 0 Å². The summed E-state index contributed by atoms with van der Waals surface area (Å²) in [5, 5.41) is 2.73. The molecule has 0 saturated heterocycles. The van der Waals surface area contributed by atoms with Crippen LogP contribution in [0.15, 0.2) is 53.4 Å². The fourth-order valence-corrected chi connectivity index (χ4v) is 5.92. The van der Waals surface area contributed by atoms with Crippen LogP contribution in [0.4, 0.5) is 5.69 Å². The quantitative estimate of drug-likeness (QED) is 0.604. The molecule has 2 aromatic carbocycles. The maximum absolute atomic E-state index is 13.1. The Hall–Kier alpha value is -2.43. The van der Waals surface area contributed by atoms with Crippen molar-refractivity contribution < 1.29 is 21.6 Å². The van der Waals surface area contributed by atoms with Crippen LogP contribution in [0.1, 0.15) is 48.0 Å². The van der Waals surface area contributed by atoms with Crippen LogP contribution in [0.25, 0.3) is 0 Å². The van der Waals surface area contributed by atoms with Gasteiger partial charge in [-0.25, -0.2) is 16.8 Å². The van der Waals surface area contributed by atoms with Crippen LogP contribution in [-0.2, 0) is 26.6 Å². The Morgan fingerprint density at radius 3 is 2.38 bits per heavy atom. The second kappa shape index (κ2) is 10.0. The van der Waals surface area contributed by atoms with Gasteiger partial charge in [-0.15, -0.1) is 0 Å². The highest BCUT2D eigenvalue weighted by Crippen LogP contribution is 2.26. The number of amides is 1. The topological polar surface area (TPSA) is 113 Å². The SMILES string of the molecule is CN(C1CCCCC1)S(=O)(=O)c1cccc(C(=O)NCc2ccccc2NS(C)(=O)=O)c1. The molecule has 0 heterocycles. The molecule has 10 heteroatoms. The maximum Gasteiger partial charge on any atom is 0.251 e. The first-order valence-electron chi connectivity index (χ1n) is 10.5. The van der Waals surface area contributed by atoms with E-state index in [1.165, 1.54) is 16.4 Å². The van der Waals surface area contributed by atoms with E-state index in [-0.39, 0.29) is 23.0 Å². The monoisotopic (exact) mass is 479 g/mol. The molecule has 1 fully saturated rings. The second-order valence-electron chi connectivity index (χ2n) is 8.05. The number of hydrogen-bond acceptors (Lipinski definition) is 5. The lowest BCUT2D eigenvalue weighted by Crippen LogP contribution is -2.38. The summed E-state index contributed by atoms with van der Waals surface area (Å²) in [4.78, 5) is 12.8. The first-order chi connectivity index (χ1) is 15.1. The Bertz CT molecular complexity index is 1170. The molecule has 32 heavy (non-hydrogen) atoms. The van der Waals surface area contributed by atoms with Gasteiger partial charge in [0, 0.05) is 25.2 Å². The molecule has 2 aromatic rings. The molecule has 0 spiro atoms. The van der Waals surface area contributed by atoms with Crippen molar-refractivity contribution in [3.8, 4) is 0 Å². The minimum absolute atomic E-state index is 0.0231. The fourth-order valence-electron chi connectivity index (χ4n) is 3.86. The smallest absolute Gasteiger partial charge is 0.251 e. The van der Waals surface area contributed by atoms with Gasteiger partial charge < -0.3 is 5.32 Å². The lowest BCUT2D eigenvalue weighted by atomic mass is 9.96. The van der Waals surface area contributed by atoms with Gasteiger partial charge in [0.15, 0.2) is 0 Å².